The molecule has 80 valence electrons. The summed E-state index contributed by atoms with van der Waals surface area (Å²) < 4.78 is 0. The lowest BCUT2D eigenvalue weighted by Crippen LogP contribution is -2.47. The molecule has 0 bridgehead atoms. The largest absolute Gasteiger partial charge is 0.355 e. The molecule has 14 heavy (non-hydrogen) atoms. The van der Waals surface area contributed by atoms with Crippen molar-refractivity contribution >= 4 is 11.8 Å². The van der Waals surface area contributed by atoms with Crippen LogP contribution in [0.25, 0.3) is 0 Å². The summed E-state index contributed by atoms with van der Waals surface area (Å²) in [5.74, 6) is 0.0575. The van der Waals surface area contributed by atoms with E-state index >= 15 is 0 Å². The molecule has 1 fully saturated rings. The molecule has 1 saturated carbocycles. The molecule has 0 unspecified atom stereocenters. The molecule has 0 aromatic heterocycles. The van der Waals surface area contributed by atoms with Crippen LogP contribution in [0.1, 0.15) is 33.1 Å². The number of hydrogen-bond acceptors (Lipinski definition) is 2. The van der Waals surface area contributed by atoms with Gasteiger partial charge in [-0.2, -0.15) is 0 Å². The van der Waals surface area contributed by atoms with Gasteiger partial charge in [0.1, 0.15) is 6.04 Å². The van der Waals surface area contributed by atoms with E-state index in [1.165, 1.54) is 0 Å². The zero-order valence-corrected chi connectivity index (χ0v) is 8.80. The zero-order valence-electron chi connectivity index (χ0n) is 8.80. The lowest BCUT2D eigenvalue weighted by Gasteiger charge is -2.25. The molecule has 0 aromatic rings. The summed E-state index contributed by atoms with van der Waals surface area (Å²) in [6.07, 6.45) is 3.07. The molecule has 0 heterocycles. The third kappa shape index (κ3) is 2.72. The van der Waals surface area contributed by atoms with Crippen LogP contribution < -0.4 is 10.6 Å². The minimum atomic E-state index is -0.414. The molecule has 2 amide bonds. The van der Waals surface area contributed by atoms with Crippen molar-refractivity contribution in [2.75, 3.05) is 6.54 Å². The van der Waals surface area contributed by atoms with Crippen LogP contribution in [0.15, 0.2) is 0 Å². The molecule has 1 aliphatic rings. The van der Waals surface area contributed by atoms with E-state index in [-0.39, 0.29) is 17.7 Å². The first kappa shape index (κ1) is 11.0. The summed E-state index contributed by atoms with van der Waals surface area (Å²) >= 11 is 0. The van der Waals surface area contributed by atoms with Crippen LogP contribution in [0.3, 0.4) is 0 Å². The Balaban J connectivity index is 2.27. The van der Waals surface area contributed by atoms with Gasteiger partial charge in [0.25, 0.3) is 0 Å². The summed E-state index contributed by atoms with van der Waals surface area (Å²) in [6.45, 7) is 4.17. The Labute approximate surface area is 84.4 Å². The van der Waals surface area contributed by atoms with Crippen molar-refractivity contribution in [3.05, 3.63) is 0 Å². The molecule has 0 saturated heterocycles. The van der Waals surface area contributed by atoms with Gasteiger partial charge in [0, 0.05) is 12.5 Å². The molecule has 1 atom stereocenters. The van der Waals surface area contributed by atoms with Gasteiger partial charge in [0.2, 0.25) is 11.8 Å². The third-order valence-electron chi connectivity index (χ3n) is 2.58. The Kier molecular flexibility index (Phi) is 3.92. The lowest BCUT2D eigenvalue weighted by atomic mass is 9.84. The van der Waals surface area contributed by atoms with Crippen LogP contribution in [-0.4, -0.2) is 24.4 Å². The fourth-order valence-electron chi connectivity index (χ4n) is 1.39. The maximum atomic E-state index is 11.5. The molecule has 4 heteroatoms. The van der Waals surface area contributed by atoms with Crippen molar-refractivity contribution in [3.8, 4) is 0 Å². The second-order valence-electron chi connectivity index (χ2n) is 3.75. The van der Waals surface area contributed by atoms with Crippen LogP contribution in [-0.2, 0) is 9.59 Å². The van der Waals surface area contributed by atoms with Gasteiger partial charge in [-0.15, -0.1) is 0 Å². The predicted octanol–water partition coefficient (Wildman–Crippen LogP) is 0.427. The van der Waals surface area contributed by atoms with E-state index in [2.05, 4.69) is 10.6 Å². The van der Waals surface area contributed by atoms with E-state index in [0.717, 1.165) is 19.3 Å². The van der Waals surface area contributed by atoms with E-state index in [4.69, 9.17) is 0 Å². The first-order chi connectivity index (χ1) is 6.65. The highest BCUT2D eigenvalue weighted by Crippen LogP contribution is 2.26. The van der Waals surface area contributed by atoms with Crippen LogP contribution >= 0.6 is 0 Å². The van der Waals surface area contributed by atoms with Gasteiger partial charge in [-0.3, -0.25) is 9.59 Å². The van der Waals surface area contributed by atoms with Crippen molar-refractivity contribution in [2.45, 2.75) is 39.2 Å². The normalized spacial score (nSPS) is 18.1. The Morgan fingerprint density at radius 3 is 2.50 bits per heavy atom. The van der Waals surface area contributed by atoms with E-state index in [9.17, 15) is 9.59 Å². The molecule has 1 aliphatic carbocycles. The summed E-state index contributed by atoms with van der Waals surface area (Å²) in [7, 11) is 0. The van der Waals surface area contributed by atoms with Gasteiger partial charge in [-0.1, -0.05) is 6.42 Å². The number of amides is 2. The average molecular weight is 198 g/mol. The Morgan fingerprint density at radius 2 is 2.07 bits per heavy atom. The lowest BCUT2D eigenvalue weighted by molar-refractivity contribution is -0.132. The van der Waals surface area contributed by atoms with Gasteiger partial charge in [0.15, 0.2) is 0 Å². The van der Waals surface area contributed by atoms with Gasteiger partial charge >= 0.3 is 0 Å². The maximum absolute atomic E-state index is 11.5. The number of likely N-dealkylation sites (N-methyl/N-ethyl adjacent to an activating group) is 1. The smallest absolute Gasteiger partial charge is 0.242 e. The maximum Gasteiger partial charge on any atom is 0.242 e. The minimum absolute atomic E-state index is 0.0232. The van der Waals surface area contributed by atoms with Crippen molar-refractivity contribution in [2.24, 2.45) is 5.92 Å². The topological polar surface area (TPSA) is 58.2 Å². The first-order valence-electron chi connectivity index (χ1n) is 5.23. The van der Waals surface area contributed by atoms with E-state index < -0.39 is 6.04 Å². The molecular formula is C10H18N2O2. The van der Waals surface area contributed by atoms with Crippen molar-refractivity contribution in [1.29, 1.82) is 0 Å². The molecule has 4 nitrogen and oxygen atoms in total. The number of hydrogen-bond donors (Lipinski definition) is 2. The Morgan fingerprint density at radius 1 is 1.43 bits per heavy atom. The zero-order chi connectivity index (χ0) is 10.6. The van der Waals surface area contributed by atoms with Crippen molar-refractivity contribution in [1.82, 2.24) is 10.6 Å². The van der Waals surface area contributed by atoms with Crippen LogP contribution in [0.4, 0.5) is 0 Å². The molecule has 0 aliphatic heterocycles. The van der Waals surface area contributed by atoms with Crippen LogP contribution in [0, 0.1) is 5.92 Å². The van der Waals surface area contributed by atoms with Gasteiger partial charge in [0.05, 0.1) is 0 Å². The summed E-state index contributed by atoms with van der Waals surface area (Å²) in [4.78, 5) is 22.7. The minimum Gasteiger partial charge on any atom is -0.355 e. The van der Waals surface area contributed by atoms with Gasteiger partial charge in [-0.25, -0.2) is 0 Å². The first-order valence-corrected chi connectivity index (χ1v) is 5.23. The van der Waals surface area contributed by atoms with E-state index in [1.807, 2.05) is 6.92 Å². The monoisotopic (exact) mass is 198 g/mol. The van der Waals surface area contributed by atoms with Gasteiger partial charge in [-0.05, 0) is 26.7 Å². The van der Waals surface area contributed by atoms with Crippen LogP contribution in [0.5, 0.6) is 0 Å². The molecule has 0 spiro atoms. The van der Waals surface area contributed by atoms with E-state index in [0.29, 0.717) is 6.54 Å². The second kappa shape index (κ2) is 4.98. The van der Waals surface area contributed by atoms with Crippen molar-refractivity contribution < 1.29 is 9.59 Å². The average Bonchev–Trinajstić information content (AvgIpc) is 2.00. The summed E-state index contributed by atoms with van der Waals surface area (Å²) in [5, 5.41) is 5.39. The Bertz CT molecular complexity index is 224. The number of rotatable bonds is 4. The number of nitrogens with one attached hydrogen (secondary N) is 2. The molecule has 0 radical (unpaired) electrons. The highest BCUT2D eigenvalue weighted by atomic mass is 16.2. The predicted molar refractivity (Wildman–Crippen MR) is 53.6 cm³/mol. The summed E-state index contributed by atoms with van der Waals surface area (Å²) in [5.41, 5.74) is 0. The quantitative estimate of drug-likeness (QED) is 0.688. The summed E-state index contributed by atoms with van der Waals surface area (Å²) in [6, 6.07) is -0.414. The number of carbonyl (C=O) groups excluding carboxylic acids is 2. The van der Waals surface area contributed by atoms with Crippen molar-refractivity contribution in [3.63, 3.8) is 0 Å². The molecule has 0 aromatic carbocycles. The third-order valence-corrected chi connectivity index (χ3v) is 2.58. The fraction of sp³-hybridized carbons (Fsp3) is 0.800. The number of carbonyl (C=O) groups is 2. The standard InChI is InChI=1S/C10H18N2O2/c1-3-11-9(13)7(2)12-10(14)8-5-4-6-8/h7-8H,3-6H2,1-2H3,(H,11,13)(H,12,14)/t7-/m1/s1. The highest BCUT2D eigenvalue weighted by Gasteiger charge is 2.27. The highest BCUT2D eigenvalue weighted by molar-refractivity contribution is 5.88. The van der Waals surface area contributed by atoms with E-state index in [1.54, 1.807) is 6.92 Å². The molecule has 2 N–H and O–H groups in total. The SMILES string of the molecule is CCNC(=O)[C@@H](C)NC(=O)C1CCC1. The second-order valence-corrected chi connectivity index (χ2v) is 3.75. The Hall–Kier alpha value is -1.06. The fourth-order valence-corrected chi connectivity index (χ4v) is 1.39. The molecule has 1 rings (SSSR count). The molecular weight excluding hydrogens is 180 g/mol. The van der Waals surface area contributed by atoms with Gasteiger partial charge < -0.3 is 10.6 Å². The van der Waals surface area contributed by atoms with Crippen LogP contribution in [0.2, 0.25) is 0 Å².